The van der Waals surface area contributed by atoms with Crippen LogP contribution >= 0.6 is 0 Å². The van der Waals surface area contributed by atoms with Gasteiger partial charge in [0.1, 0.15) is 5.92 Å². The second kappa shape index (κ2) is 16.6. The molecular weight excluding hydrogens is 690 g/mol. The van der Waals surface area contributed by atoms with E-state index < -0.39 is 66.5 Å². The first kappa shape index (κ1) is 36.1. The van der Waals surface area contributed by atoms with Crippen LogP contribution in [0.4, 0.5) is 5.69 Å². The topological polar surface area (TPSA) is 127 Å². The van der Waals surface area contributed by atoms with E-state index in [-0.39, 0.29) is 23.3 Å². The van der Waals surface area contributed by atoms with E-state index in [9.17, 15) is 19.2 Å². The molecule has 2 saturated heterocycles. The van der Waals surface area contributed by atoms with Gasteiger partial charge in [-0.25, -0.2) is 19.4 Å². The molecule has 2 fully saturated rings. The molecular formula is C43H37NO10. The second-order valence-corrected chi connectivity index (χ2v) is 12.8. The Morgan fingerprint density at radius 1 is 0.556 bits per heavy atom. The predicted molar refractivity (Wildman–Crippen MR) is 195 cm³/mol. The number of nitrogens with zero attached hydrogens (tertiary/aromatic N) is 1. The van der Waals surface area contributed by atoms with E-state index in [2.05, 4.69) is 0 Å². The largest absolute Gasteiger partial charge is 0.452 e. The molecule has 5 aromatic carbocycles. The minimum Gasteiger partial charge on any atom is -0.452 e. The van der Waals surface area contributed by atoms with Gasteiger partial charge < -0.3 is 23.7 Å². The summed E-state index contributed by atoms with van der Waals surface area (Å²) in [6.45, 7) is 1.40. The van der Waals surface area contributed by atoms with Crippen LogP contribution in [-0.2, 0) is 33.3 Å². The number of carbonyl (C=O) groups excluding carboxylic acids is 4. The Labute approximate surface area is 311 Å². The molecule has 0 saturated carbocycles. The zero-order valence-electron chi connectivity index (χ0n) is 29.2. The third kappa shape index (κ3) is 8.02. The summed E-state index contributed by atoms with van der Waals surface area (Å²) in [5.41, 5.74) is 2.14. The SMILES string of the molecule is CC1ON(c2ccccc2)C(c2ccccc2)C1C(=O)O[C@@H]1OC[C@@H](OC(=O)c2ccccc2)[C@H](OC(=O)c2ccccc2)[C@H]1OC(=O)c1ccccc1. The van der Waals surface area contributed by atoms with E-state index in [0.717, 1.165) is 11.3 Å². The number of ether oxygens (including phenoxy) is 5. The molecule has 0 spiro atoms. The second-order valence-electron chi connectivity index (χ2n) is 12.8. The fourth-order valence-electron chi connectivity index (χ4n) is 6.54. The lowest BCUT2D eigenvalue weighted by Crippen LogP contribution is -2.59. The molecule has 2 heterocycles. The summed E-state index contributed by atoms with van der Waals surface area (Å²) < 4.78 is 30.0. The molecule has 11 nitrogen and oxygen atoms in total. The molecule has 0 aromatic heterocycles. The number of benzene rings is 5. The van der Waals surface area contributed by atoms with Gasteiger partial charge in [-0.1, -0.05) is 103 Å². The zero-order chi connectivity index (χ0) is 37.4. The van der Waals surface area contributed by atoms with E-state index in [1.807, 2.05) is 60.7 Å². The smallest absolute Gasteiger partial charge is 0.338 e. The van der Waals surface area contributed by atoms with Crippen molar-refractivity contribution in [3.63, 3.8) is 0 Å². The van der Waals surface area contributed by atoms with Gasteiger partial charge in [-0.2, -0.15) is 0 Å². The zero-order valence-corrected chi connectivity index (χ0v) is 29.2. The highest BCUT2D eigenvalue weighted by Gasteiger charge is 2.53. The molecule has 0 N–H and O–H groups in total. The predicted octanol–water partition coefficient (Wildman–Crippen LogP) is 6.76. The van der Waals surface area contributed by atoms with Gasteiger partial charge in [-0.05, 0) is 61.0 Å². The summed E-state index contributed by atoms with van der Waals surface area (Å²) in [7, 11) is 0. The van der Waals surface area contributed by atoms with E-state index in [4.69, 9.17) is 28.5 Å². The Balaban J connectivity index is 1.23. The van der Waals surface area contributed by atoms with Crippen LogP contribution < -0.4 is 5.06 Å². The van der Waals surface area contributed by atoms with E-state index in [0.29, 0.717) is 0 Å². The first-order valence-corrected chi connectivity index (χ1v) is 17.5. The van der Waals surface area contributed by atoms with Gasteiger partial charge in [-0.3, -0.25) is 9.63 Å². The molecule has 7 atom stereocenters. The van der Waals surface area contributed by atoms with Crippen molar-refractivity contribution in [3.8, 4) is 0 Å². The van der Waals surface area contributed by atoms with Gasteiger partial charge in [-0.15, -0.1) is 0 Å². The maximum absolute atomic E-state index is 14.4. The van der Waals surface area contributed by atoms with Crippen molar-refractivity contribution < 1.29 is 47.7 Å². The van der Waals surface area contributed by atoms with Crippen LogP contribution in [0.5, 0.6) is 0 Å². The van der Waals surface area contributed by atoms with Crippen molar-refractivity contribution in [1.82, 2.24) is 0 Å². The standard InChI is InChI=1S/C43H37NO10/c1-28-35(36(29-17-7-2-8-18-29)44(54-28)33-25-15-6-16-26-33)42(48)53-43-38(52-41(47)32-23-13-5-14-24-32)37(51-40(46)31-21-11-4-12-22-31)34(27-49-43)50-39(45)30-19-9-3-10-20-30/h2-26,28,34-38,43H,27H2,1H3/t28?,34-,35?,36?,37+,38-,43+/m1/s1. The number of carbonyl (C=O) groups is 4. The van der Waals surface area contributed by atoms with Crippen molar-refractivity contribution >= 4 is 29.6 Å². The highest BCUT2D eigenvalue weighted by Crippen LogP contribution is 2.43. The van der Waals surface area contributed by atoms with Crippen molar-refractivity contribution in [2.24, 2.45) is 5.92 Å². The van der Waals surface area contributed by atoms with Crippen molar-refractivity contribution in [1.29, 1.82) is 0 Å². The quantitative estimate of drug-likeness (QED) is 0.112. The van der Waals surface area contributed by atoms with Crippen LogP contribution in [0.15, 0.2) is 152 Å². The first-order chi connectivity index (χ1) is 26.4. The van der Waals surface area contributed by atoms with Gasteiger partial charge in [0.05, 0.1) is 41.1 Å². The molecule has 0 aliphatic carbocycles. The third-order valence-corrected chi connectivity index (χ3v) is 9.19. The molecule has 11 heteroatoms. The number of hydrogen-bond acceptors (Lipinski definition) is 11. The van der Waals surface area contributed by atoms with Crippen LogP contribution in [0.2, 0.25) is 0 Å². The Bertz CT molecular complexity index is 2030. The molecule has 5 aromatic rings. The lowest BCUT2D eigenvalue weighted by atomic mass is 9.90. The number of hydrogen-bond donors (Lipinski definition) is 0. The average Bonchev–Trinajstić information content (AvgIpc) is 3.58. The third-order valence-electron chi connectivity index (χ3n) is 9.19. The van der Waals surface area contributed by atoms with Gasteiger partial charge >= 0.3 is 23.9 Å². The summed E-state index contributed by atoms with van der Waals surface area (Å²) in [6.07, 6.45) is -6.56. The number of rotatable bonds is 10. The Kier molecular flexibility index (Phi) is 11.1. The van der Waals surface area contributed by atoms with E-state index in [1.165, 1.54) is 0 Å². The molecule has 0 amide bonds. The molecule has 54 heavy (non-hydrogen) atoms. The summed E-state index contributed by atoms with van der Waals surface area (Å²) in [5, 5.41) is 1.68. The lowest BCUT2D eigenvalue weighted by Gasteiger charge is -2.40. The molecule has 0 radical (unpaired) electrons. The van der Waals surface area contributed by atoms with Crippen LogP contribution in [-0.4, -0.2) is 61.2 Å². The first-order valence-electron chi connectivity index (χ1n) is 17.5. The van der Waals surface area contributed by atoms with Crippen LogP contribution in [0.1, 0.15) is 49.6 Å². The van der Waals surface area contributed by atoms with Crippen LogP contribution in [0.25, 0.3) is 0 Å². The molecule has 274 valence electrons. The summed E-state index contributed by atoms with van der Waals surface area (Å²) in [4.78, 5) is 61.3. The minimum absolute atomic E-state index is 0.180. The maximum atomic E-state index is 14.4. The molecule has 0 bridgehead atoms. The minimum atomic E-state index is -1.58. The highest BCUT2D eigenvalue weighted by atomic mass is 16.7. The Morgan fingerprint density at radius 3 is 1.52 bits per heavy atom. The number of esters is 4. The normalized spacial score (nSPS) is 23.5. The van der Waals surface area contributed by atoms with Crippen LogP contribution in [0.3, 0.4) is 0 Å². The monoisotopic (exact) mass is 727 g/mol. The van der Waals surface area contributed by atoms with Gasteiger partial charge in [0.2, 0.25) is 12.4 Å². The summed E-state index contributed by atoms with van der Waals surface area (Å²) >= 11 is 0. The fraction of sp³-hybridized carbons (Fsp3) is 0.209. The highest BCUT2D eigenvalue weighted by molar-refractivity contribution is 5.91. The maximum Gasteiger partial charge on any atom is 0.338 e. The lowest BCUT2D eigenvalue weighted by molar-refractivity contribution is -0.263. The molecule has 7 rings (SSSR count). The van der Waals surface area contributed by atoms with Crippen molar-refractivity contribution in [3.05, 3.63) is 174 Å². The summed E-state index contributed by atoms with van der Waals surface area (Å²) in [6, 6.07) is 42.8. The van der Waals surface area contributed by atoms with E-state index in [1.54, 1.807) is 103 Å². The summed E-state index contributed by atoms with van der Waals surface area (Å²) in [5.74, 6) is -3.92. The Morgan fingerprint density at radius 2 is 1.00 bits per heavy atom. The van der Waals surface area contributed by atoms with Gasteiger partial charge in [0.25, 0.3) is 0 Å². The van der Waals surface area contributed by atoms with E-state index >= 15 is 0 Å². The van der Waals surface area contributed by atoms with Crippen molar-refractivity contribution in [2.45, 2.75) is 43.7 Å². The molecule has 3 unspecified atom stereocenters. The number of hydroxylamine groups is 1. The molecule has 2 aliphatic heterocycles. The van der Waals surface area contributed by atoms with Gasteiger partial charge in [0, 0.05) is 0 Å². The fourth-order valence-corrected chi connectivity index (χ4v) is 6.54. The molecule has 2 aliphatic rings. The van der Waals surface area contributed by atoms with Crippen LogP contribution in [0, 0.1) is 5.92 Å². The van der Waals surface area contributed by atoms with Gasteiger partial charge in [0.15, 0.2) is 12.2 Å². The van der Waals surface area contributed by atoms with Crippen molar-refractivity contribution in [2.75, 3.05) is 11.7 Å². The Hall–Kier alpha value is -6.30. The number of anilines is 1. The average molecular weight is 728 g/mol. The number of para-hydroxylation sites is 1.